The molecule has 1 saturated heterocycles. The first-order valence-corrected chi connectivity index (χ1v) is 7.55. The molecule has 116 valence electrons. The molecule has 2 heterocycles. The number of fused-ring (bicyclic) bond motifs is 4. The van der Waals surface area contributed by atoms with Crippen molar-refractivity contribution in [2.75, 3.05) is 4.90 Å². The minimum absolute atomic E-state index is 0.0667. The third-order valence-electron chi connectivity index (χ3n) is 4.45. The first-order chi connectivity index (χ1) is 11.1. The molecule has 4 rings (SSSR count). The van der Waals surface area contributed by atoms with Gasteiger partial charge in [-0.25, -0.2) is 4.79 Å². The van der Waals surface area contributed by atoms with Crippen molar-refractivity contribution in [1.82, 2.24) is 5.32 Å². The number of nitrogens with one attached hydrogen (secondary N) is 1. The van der Waals surface area contributed by atoms with Crippen LogP contribution in [0.2, 0.25) is 0 Å². The van der Waals surface area contributed by atoms with Crippen molar-refractivity contribution in [2.24, 2.45) is 0 Å². The largest absolute Gasteiger partial charge is 0.467 e. The van der Waals surface area contributed by atoms with Gasteiger partial charge in [0, 0.05) is 17.5 Å². The first kappa shape index (κ1) is 13.8. The summed E-state index contributed by atoms with van der Waals surface area (Å²) in [4.78, 5) is 25.3. The van der Waals surface area contributed by atoms with Crippen molar-refractivity contribution < 1.29 is 14.3 Å². The Morgan fingerprint density at radius 1 is 1.26 bits per heavy atom. The second kappa shape index (κ2) is 4.84. The summed E-state index contributed by atoms with van der Waals surface area (Å²) in [6.45, 7) is 1.91. The number of carbonyl (C=O) groups is 2. The SMILES string of the molecule is CC12CC(NC(=O)N1c1cccc(C=O)c1)c1ccccc1O2. The number of hydrogen-bond acceptors (Lipinski definition) is 3. The lowest BCUT2D eigenvalue weighted by Crippen LogP contribution is -2.65. The van der Waals surface area contributed by atoms with Gasteiger partial charge < -0.3 is 10.1 Å². The third-order valence-corrected chi connectivity index (χ3v) is 4.45. The number of ether oxygens (including phenoxy) is 1. The first-order valence-electron chi connectivity index (χ1n) is 7.55. The second-order valence-electron chi connectivity index (χ2n) is 6.07. The molecule has 2 bridgehead atoms. The van der Waals surface area contributed by atoms with Crippen molar-refractivity contribution in [2.45, 2.75) is 25.1 Å². The van der Waals surface area contributed by atoms with Crippen LogP contribution in [0.25, 0.3) is 0 Å². The van der Waals surface area contributed by atoms with Crippen LogP contribution in [0.1, 0.15) is 35.3 Å². The van der Waals surface area contributed by atoms with Gasteiger partial charge in [0.05, 0.1) is 11.7 Å². The lowest BCUT2D eigenvalue weighted by Gasteiger charge is -2.50. The third kappa shape index (κ3) is 2.08. The highest BCUT2D eigenvalue weighted by Crippen LogP contribution is 2.45. The molecule has 2 aliphatic rings. The summed E-state index contributed by atoms with van der Waals surface area (Å²) in [6, 6.07) is 14.4. The zero-order valence-electron chi connectivity index (χ0n) is 12.7. The van der Waals surface area contributed by atoms with E-state index in [9.17, 15) is 9.59 Å². The Morgan fingerprint density at radius 2 is 2.09 bits per heavy atom. The predicted molar refractivity (Wildman–Crippen MR) is 85.7 cm³/mol. The average molecular weight is 308 g/mol. The Bertz CT molecular complexity index is 804. The molecule has 23 heavy (non-hydrogen) atoms. The van der Waals surface area contributed by atoms with Crippen LogP contribution >= 0.6 is 0 Å². The van der Waals surface area contributed by atoms with E-state index in [0.717, 1.165) is 17.6 Å². The number of nitrogens with zero attached hydrogens (tertiary/aromatic N) is 1. The van der Waals surface area contributed by atoms with Crippen molar-refractivity contribution in [1.29, 1.82) is 0 Å². The van der Waals surface area contributed by atoms with Crippen molar-refractivity contribution in [3.05, 3.63) is 59.7 Å². The van der Waals surface area contributed by atoms with Gasteiger partial charge in [-0.1, -0.05) is 30.3 Å². The van der Waals surface area contributed by atoms with Crippen LogP contribution in [0.5, 0.6) is 5.75 Å². The number of amides is 2. The number of anilines is 1. The van der Waals surface area contributed by atoms with Gasteiger partial charge in [0.15, 0.2) is 5.72 Å². The maximum Gasteiger partial charge on any atom is 0.325 e. The lowest BCUT2D eigenvalue weighted by atomic mass is 9.90. The molecule has 2 unspecified atom stereocenters. The summed E-state index contributed by atoms with van der Waals surface area (Å²) in [5, 5.41) is 3.03. The molecule has 2 aromatic rings. The highest BCUT2D eigenvalue weighted by molar-refractivity contribution is 5.95. The van der Waals surface area contributed by atoms with E-state index in [2.05, 4.69) is 5.32 Å². The molecular weight excluding hydrogens is 292 g/mol. The second-order valence-corrected chi connectivity index (χ2v) is 6.07. The van der Waals surface area contributed by atoms with Gasteiger partial charge in [-0.15, -0.1) is 0 Å². The number of hydrogen-bond donors (Lipinski definition) is 1. The minimum atomic E-state index is -0.789. The number of para-hydroxylation sites is 1. The van der Waals surface area contributed by atoms with Gasteiger partial charge in [0.1, 0.15) is 12.0 Å². The summed E-state index contributed by atoms with van der Waals surface area (Å²) < 4.78 is 6.18. The average Bonchev–Trinajstić information content (AvgIpc) is 2.54. The lowest BCUT2D eigenvalue weighted by molar-refractivity contribution is 0.0378. The molecule has 1 N–H and O–H groups in total. The number of urea groups is 1. The molecule has 2 aromatic carbocycles. The van der Waals surface area contributed by atoms with E-state index in [1.807, 2.05) is 37.3 Å². The summed E-state index contributed by atoms with van der Waals surface area (Å²) >= 11 is 0. The Morgan fingerprint density at radius 3 is 2.91 bits per heavy atom. The molecule has 5 nitrogen and oxygen atoms in total. The number of aldehydes is 1. The van der Waals surface area contributed by atoms with Crippen molar-refractivity contribution >= 4 is 18.0 Å². The Labute approximate surface area is 133 Å². The van der Waals surface area contributed by atoms with E-state index in [-0.39, 0.29) is 12.1 Å². The summed E-state index contributed by atoms with van der Waals surface area (Å²) in [5.41, 5.74) is 1.38. The molecule has 2 aliphatic heterocycles. The zero-order chi connectivity index (χ0) is 16.0. The van der Waals surface area contributed by atoms with Crippen LogP contribution < -0.4 is 15.0 Å². The zero-order valence-corrected chi connectivity index (χ0v) is 12.7. The van der Waals surface area contributed by atoms with Gasteiger partial charge in [0.25, 0.3) is 0 Å². The van der Waals surface area contributed by atoms with E-state index >= 15 is 0 Å². The summed E-state index contributed by atoms with van der Waals surface area (Å²) in [7, 11) is 0. The Kier molecular flexibility index (Phi) is 2.91. The fourth-order valence-electron chi connectivity index (χ4n) is 3.45. The van der Waals surface area contributed by atoms with Crippen LogP contribution in [0.3, 0.4) is 0 Å². The van der Waals surface area contributed by atoms with Gasteiger partial charge >= 0.3 is 6.03 Å². The molecular formula is C18H16N2O3. The normalized spacial score (nSPS) is 25.2. The van der Waals surface area contributed by atoms with Crippen molar-refractivity contribution in [3.8, 4) is 5.75 Å². The smallest absolute Gasteiger partial charge is 0.325 e. The van der Waals surface area contributed by atoms with Gasteiger partial charge in [0.2, 0.25) is 0 Å². The van der Waals surface area contributed by atoms with E-state index in [0.29, 0.717) is 17.7 Å². The van der Waals surface area contributed by atoms with Crippen LogP contribution in [0, 0.1) is 0 Å². The number of benzene rings is 2. The fraction of sp³-hybridized carbons (Fsp3) is 0.222. The highest BCUT2D eigenvalue weighted by Gasteiger charge is 2.49. The minimum Gasteiger partial charge on any atom is -0.467 e. The van der Waals surface area contributed by atoms with Crippen LogP contribution in [-0.2, 0) is 0 Å². The number of carbonyl (C=O) groups excluding carboxylic acids is 2. The molecule has 5 heteroatoms. The Balaban J connectivity index is 1.81. The molecule has 0 spiro atoms. The van der Waals surface area contributed by atoms with Gasteiger partial charge in [-0.2, -0.15) is 0 Å². The van der Waals surface area contributed by atoms with E-state index in [1.165, 1.54) is 0 Å². The van der Waals surface area contributed by atoms with Crippen molar-refractivity contribution in [3.63, 3.8) is 0 Å². The highest BCUT2D eigenvalue weighted by atomic mass is 16.5. The monoisotopic (exact) mass is 308 g/mol. The van der Waals surface area contributed by atoms with Crippen LogP contribution in [-0.4, -0.2) is 18.0 Å². The van der Waals surface area contributed by atoms with E-state index in [1.54, 1.807) is 23.1 Å². The fourth-order valence-corrected chi connectivity index (χ4v) is 3.45. The van der Waals surface area contributed by atoms with Gasteiger partial charge in [-0.05, 0) is 25.1 Å². The molecule has 0 saturated carbocycles. The molecule has 2 atom stereocenters. The van der Waals surface area contributed by atoms with E-state index in [4.69, 9.17) is 4.74 Å². The van der Waals surface area contributed by atoms with E-state index < -0.39 is 5.72 Å². The maximum atomic E-state index is 12.7. The molecule has 1 fully saturated rings. The van der Waals surface area contributed by atoms with Gasteiger partial charge in [-0.3, -0.25) is 9.69 Å². The standard InChI is InChI=1S/C18H16N2O3/c1-18-10-15(14-7-2-3-8-16(14)23-18)19-17(22)20(18)13-6-4-5-12(9-13)11-21/h2-9,11,15H,10H2,1H3,(H,19,22). The van der Waals surface area contributed by atoms with Crippen LogP contribution in [0.15, 0.2) is 48.5 Å². The van der Waals surface area contributed by atoms with Crippen LogP contribution in [0.4, 0.5) is 10.5 Å². The molecule has 2 amide bonds. The summed E-state index contributed by atoms with van der Waals surface area (Å²) in [5.74, 6) is 0.780. The Hall–Kier alpha value is -2.82. The predicted octanol–water partition coefficient (Wildman–Crippen LogP) is 3.27. The maximum absolute atomic E-state index is 12.7. The molecule has 0 aliphatic carbocycles. The summed E-state index contributed by atoms with van der Waals surface area (Å²) in [6.07, 6.45) is 1.41. The molecule has 0 aromatic heterocycles. The topological polar surface area (TPSA) is 58.6 Å². The quantitative estimate of drug-likeness (QED) is 0.866. The number of rotatable bonds is 2. The molecule has 0 radical (unpaired) electrons.